The van der Waals surface area contributed by atoms with Crippen molar-refractivity contribution in [2.75, 3.05) is 42.3 Å². The molecule has 0 aliphatic rings. The van der Waals surface area contributed by atoms with Crippen molar-refractivity contribution in [2.24, 2.45) is 0 Å². The van der Waals surface area contributed by atoms with Crippen molar-refractivity contribution < 1.29 is 21.7 Å². The molecule has 0 aliphatic heterocycles. The van der Waals surface area contributed by atoms with Crippen LogP contribution in [0.15, 0.2) is 0 Å². The molecule has 0 unspecified atom stereocenters. The predicted octanol–water partition coefficient (Wildman–Crippen LogP) is 2.82. The number of aromatic nitrogens is 2. The van der Waals surface area contributed by atoms with Crippen LogP contribution in [0, 0.1) is 20.8 Å². The van der Waals surface area contributed by atoms with Crippen LogP contribution in [0.5, 0.6) is 0 Å². The molecule has 0 saturated carbocycles. The van der Waals surface area contributed by atoms with Gasteiger partial charge in [0.2, 0.25) is 0 Å². The zero-order valence-corrected chi connectivity index (χ0v) is 14.8. The second kappa shape index (κ2) is 22.0. The molecule has 0 radical (unpaired) electrons. The Morgan fingerprint density at radius 2 is 1.06 bits per heavy atom. The predicted molar refractivity (Wildman–Crippen MR) is 77.4 cm³/mol. The molecular weight excluding hydrogens is 262 g/mol. The molecule has 0 saturated heterocycles. The maximum Gasteiger partial charge on any atom is 4.00 e. The maximum absolute atomic E-state index is 3.87. The van der Waals surface area contributed by atoms with Crippen LogP contribution in [-0.4, -0.2) is 47.4 Å². The van der Waals surface area contributed by atoms with E-state index in [-0.39, 0.29) is 21.7 Å². The molecule has 1 aromatic rings. The van der Waals surface area contributed by atoms with Crippen molar-refractivity contribution in [3.63, 3.8) is 0 Å². The molecule has 0 aromatic carbocycles. The van der Waals surface area contributed by atoms with E-state index in [1.165, 1.54) is 5.56 Å². The summed E-state index contributed by atoms with van der Waals surface area (Å²) in [5.74, 6) is 0. The Labute approximate surface area is 128 Å². The first kappa shape index (κ1) is 26.4. The Hall–Kier alpha value is -0.196. The Morgan fingerprint density at radius 3 is 1.11 bits per heavy atom. The Morgan fingerprint density at radius 1 is 0.778 bits per heavy atom. The van der Waals surface area contributed by atoms with Gasteiger partial charge in [-0.05, 0) is 19.4 Å². The molecule has 104 valence electrons. The molecule has 0 fully saturated rings. The summed E-state index contributed by atoms with van der Waals surface area (Å²) in [5, 5.41) is 18.2. The summed E-state index contributed by atoms with van der Waals surface area (Å²) in [4.78, 5) is 0. The summed E-state index contributed by atoms with van der Waals surface area (Å²) in [5.41, 5.74) is 3.30. The van der Waals surface area contributed by atoms with Crippen molar-refractivity contribution in [1.29, 1.82) is 0 Å². The van der Waals surface area contributed by atoms with E-state index in [1.54, 1.807) is 42.3 Å². The van der Waals surface area contributed by atoms with Crippen molar-refractivity contribution in [3.8, 4) is 0 Å². The average Bonchev–Trinajstić information content (AvgIpc) is 2.53. The second-order valence-electron chi connectivity index (χ2n) is 3.34. The Kier molecular flexibility index (Phi) is 32.3. The van der Waals surface area contributed by atoms with Crippen molar-refractivity contribution in [2.45, 2.75) is 20.8 Å². The topological polar surface area (TPSA) is 69.3 Å². The van der Waals surface area contributed by atoms with Crippen molar-refractivity contribution in [3.05, 3.63) is 32.9 Å². The molecule has 1 aromatic heterocycles. The normalized spacial score (nSPS) is 7.39. The zero-order chi connectivity index (χ0) is 14.3. The summed E-state index contributed by atoms with van der Waals surface area (Å²) in [6.45, 7) is 5.97. The Balaban J connectivity index is -0.0000000840. The summed E-state index contributed by atoms with van der Waals surface area (Å²) in [6.07, 6.45) is 0. The van der Waals surface area contributed by atoms with E-state index in [0.717, 1.165) is 11.4 Å². The SMILES string of the molecule is C[N-]C.C[N-]C.C[N-]C.Cc1n[n-]c(C)c1C.[Ti+4]. The van der Waals surface area contributed by atoms with Crippen LogP contribution in [0.2, 0.25) is 0 Å². The molecule has 18 heavy (non-hydrogen) atoms. The fourth-order valence-electron chi connectivity index (χ4n) is 0.562. The number of aryl methyl sites for hydroxylation is 2. The molecule has 0 aliphatic carbocycles. The molecule has 0 amide bonds. The number of hydrogen-bond acceptors (Lipinski definition) is 1. The van der Waals surface area contributed by atoms with Crippen molar-refractivity contribution >= 4 is 0 Å². The van der Waals surface area contributed by atoms with E-state index in [1.807, 2.05) is 20.8 Å². The van der Waals surface area contributed by atoms with Gasteiger partial charge in [-0.15, -0.1) is 5.69 Å². The van der Waals surface area contributed by atoms with E-state index in [4.69, 9.17) is 0 Å². The van der Waals surface area contributed by atoms with Gasteiger partial charge in [0.15, 0.2) is 0 Å². The quantitative estimate of drug-likeness (QED) is 0.689. The number of hydrogen-bond donors (Lipinski definition) is 0. The summed E-state index contributed by atoms with van der Waals surface area (Å²) >= 11 is 0. The first-order valence-electron chi connectivity index (χ1n) is 5.33. The van der Waals surface area contributed by atoms with Gasteiger partial charge in [-0.3, -0.25) is 0 Å². The first-order chi connectivity index (χ1) is 7.96. The van der Waals surface area contributed by atoms with Crippen LogP contribution in [0.25, 0.3) is 16.0 Å². The second-order valence-corrected chi connectivity index (χ2v) is 3.34. The summed E-state index contributed by atoms with van der Waals surface area (Å²) in [7, 11) is 10.5. The third-order valence-electron chi connectivity index (χ3n) is 1.44. The van der Waals surface area contributed by atoms with Crippen LogP contribution in [0.3, 0.4) is 0 Å². The van der Waals surface area contributed by atoms with E-state index >= 15 is 0 Å². The molecular formula is C12H27N5Ti. The van der Waals surface area contributed by atoms with E-state index in [0.29, 0.717) is 0 Å². The van der Waals surface area contributed by atoms with Gasteiger partial charge in [0.25, 0.3) is 0 Å². The van der Waals surface area contributed by atoms with Gasteiger partial charge < -0.3 is 26.1 Å². The minimum atomic E-state index is 0. The van der Waals surface area contributed by atoms with Gasteiger partial charge in [0.1, 0.15) is 0 Å². The monoisotopic (exact) mass is 289 g/mol. The first-order valence-corrected chi connectivity index (χ1v) is 5.33. The molecule has 0 atom stereocenters. The zero-order valence-electron chi connectivity index (χ0n) is 13.2. The molecule has 0 spiro atoms. The van der Waals surface area contributed by atoms with Crippen molar-refractivity contribution in [1.82, 2.24) is 10.2 Å². The van der Waals surface area contributed by atoms with E-state index in [2.05, 4.69) is 26.1 Å². The summed E-state index contributed by atoms with van der Waals surface area (Å²) in [6, 6.07) is 0. The largest absolute Gasteiger partial charge is 4.00 e. The van der Waals surface area contributed by atoms with Gasteiger partial charge >= 0.3 is 21.7 Å². The third-order valence-corrected chi connectivity index (χ3v) is 1.44. The average molecular weight is 289 g/mol. The molecule has 1 rings (SSSR count). The standard InChI is InChI=1S/C6H9N2.3C2H6N.Ti/c1-4-5(2)7-8-6(4)3;3*1-3-2;/h1-3H3;3*1-2H3;/q4*-1;+4. The van der Waals surface area contributed by atoms with E-state index < -0.39 is 0 Å². The molecule has 6 heteroatoms. The fourth-order valence-corrected chi connectivity index (χ4v) is 0.562. The fraction of sp³-hybridized carbons (Fsp3) is 0.750. The van der Waals surface area contributed by atoms with Gasteiger partial charge in [-0.1, -0.05) is 6.92 Å². The molecule has 0 N–H and O–H groups in total. The van der Waals surface area contributed by atoms with Crippen LogP contribution < -0.4 is 5.10 Å². The van der Waals surface area contributed by atoms with Gasteiger partial charge in [-0.2, -0.15) is 42.3 Å². The van der Waals surface area contributed by atoms with Crippen LogP contribution >= 0.6 is 0 Å². The van der Waals surface area contributed by atoms with Crippen LogP contribution in [-0.2, 0) is 21.7 Å². The van der Waals surface area contributed by atoms with E-state index in [9.17, 15) is 0 Å². The maximum atomic E-state index is 3.87. The summed E-state index contributed by atoms with van der Waals surface area (Å²) < 4.78 is 0. The number of nitrogens with zero attached hydrogens (tertiary/aromatic N) is 5. The van der Waals surface area contributed by atoms with Gasteiger partial charge in [0, 0.05) is 5.69 Å². The van der Waals surface area contributed by atoms with Gasteiger partial charge in [0.05, 0.1) is 0 Å². The molecule has 5 nitrogen and oxygen atoms in total. The van der Waals surface area contributed by atoms with Crippen LogP contribution in [0.1, 0.15) is 17.0 Å². The van der Waals surface area contributed by atoms with Gasteiger partial charge in [-0.25, -0.2) is 0 Å². The number of rotatable bonds is 0. The third kappa shape index (κ3) is 21.1. The minimum Gasteiger partial charge on any atom is -0.668 e. The molecule has 1 heterocycles. The smallest absolute Gasteiger partial charge is 0.668 e. The Bertz CT molecular complexity index is 214. The molecule has 0 bridgehead atoms. The van der Waals surface area contributed by atoms with Crippen LogP contribution in [0.4, 0.5) is 0 Å². The minimum absolute atomic E-state index is 0.